The fourth-order valence-corrected chi connectivity index (χ4v) is 4.14. The zero-order valence-electron chi connectivity index (χ0n) is 17.7. The molecule has 3 aromatic rings. The minimum absolute atomic E-state index is 0.0318. The van der Waals surface area contributed by atoms with E-state index in [2.05, 4.69) is 4.98 Å². The molecular formula is C24H20Cl2F3NO3. The number of nitrogens with zero attached hydrogens (tertiary/aromatic N) is 1. The minimum Gasteiger partial charge on any atom is -0.462 e. The number of aliphatic hydroxyl groups is 1. The van der Waals surface area contributed by atoms with Crippen LogP contribution in [0.1, 0.15) is 41.3 Å². The van der Waals surface area contributed by atoms with Gasteiger partial charge in [-0.3, -0.25) is 0 Å². The van der Waals surface area contributed by atoms with Gasteiger partial charge in [-0.25, -0.2) is 9.78 Å². The van der Waals surface area contributed by atoms with Gasteiger partial charge in [0.1, 0.15) is 5.15 Å². The van der Waals surface area contributed by atoms with Gasteiger partial charge >= 0.3 is 12.1 Å². The highest BCUT2D eigenvalue weighted by Crippen LogP contribution is 2.50. The lowest BCUT2D eigenvalue weighted by Crippen LogP contribution is -2.46. The monoisotopic (exact) mass is 497 g/mol. The molecule has 3 rings (SSSR count). The van der Waals surface area contributed by atoms with Crippen LogP contribution in [0.4, 0.5) is 13.2 Å². The SMILES string of the molecule is CCOC(=O)c1cccc(-c2ccc([C@@H](C)[C@@](O)(c3ccnc(Cl)c3)C(F)(F)F)c(Cl)c2)c1. The Labute approximate surface area is 198 Å². The van der Waals surface area contributed by atoms with Gasteiger partial charge in [0.05, 0.1) is 12.2 Å². The third-order valence-electron chi connectivity index (χ3n) is 5.40. The van der Waals surface area contributed by atoms with Gasteiger partial charge in [-0.2, -0.15) is 13.2 Å². The van der Waals surface area contributed by atoms with E-state index in [0.717, 1.165) is 18.3 Å². The molecule has 0 unspecified atom stereocenters. The molecule has 0 aliphatic carbocycles. The van der Waals surface area contributed by atoms with Gasteiger partial charge in [0.2, 0.25) is 0 Å². The number of aromatic nitrogens is 1. The number of hydrogen-bond donors (Lipinski definition) is 1. The maximum absolute atomic E-state index is 14.1. The summed E-state index contributed by atoms with van der Waals surface area (Å²) < 4.78 is 47.3. The molecule has 1 N–H and O–H groups in total. The van der Waals surface area contributed by atoms with E-state index in [4.69, 9.17) is 27.9 Å². The average Bonchev–Trinajstić information content (AvgIpc) is 2.77. The number of alkyl halides is 3. The van der Waals surface area contributed by atoms with E-state index >= 15 is 0 Å². The Hall–Kier alpha value is -2.61. The molecule has 33 heavy (non-hydrogen) atoms. The standard InChI is InChI=1S/C24H20Cl2F3NO3/c1-3-33-22(31)17-6-4-5-15(11-17)16-7-8-19(20(25)12-16)14(2)23(32,24(27,28)29)18-9-10-30-21(26)13-18/h4-14,32H,3H2,1-2H3/t14-,23-/m1/s1. The fourth-order valence-electron chi connectivity index (χ4n) is 3.62. The Morgan fingerprint density at radius 3 is 2.39 bits per heavy atom. The van der Waals surface area contributed by atoms with E-state index in [1.54, 1.807) is 37.3 Å². The number of pyridine rings is 1. The number of benzene rings is 2. The van der Waals surface area contributed by atoms with Crippen LogP contribution in [0.2, 0.25) is 10.2 Å². The molecule has 9 heteroatoms. The molecule has 2 atom stereocenters. The third kappa shape index (κ3) is 5.00. The zero-order valence-corrected chi connectivity index (χ0v) is 19.2. The van der Waals surface area contributed by atoms with E-state index < -0.39 is 29.2 Å². The van der Waals surface area contributed by atoms with Crippen LogP contribution < -0.4 is 0 Å². The first-order valence-electron chi connectivity index (χ1n) is 9.97. The summed E-state index contributed by atoms with van der Waals surface area (Å²) in [5, 5.41) is 10.8. The summed E-state index contributed by atoms with van der Waals surface area (Å²) in [4.78, 5) is 15.7. The van der Waals surface area contributed by atoms with Crippen molar-refractivity contribution < 1.29 is 27.8 Å². The highest BCUT2D eigenvalue weighted by atomic mass is 35.5. The summed E-state index contributed by atoms with van der Waals surface area (Å²) in [6, 6.07) is 13.2. The maximum atomic E-state index is 14.1. The van der Waals surface area contributed by atoms with Gasteiger partial charge in [0.15, 0.2) is 5.60 Å². The van der Waals surface area contributed by atoms with Crippen molar-refractivity contribution in [3.63, 3.8) is 0 Å². The van der Waals surface area contributed by atoms with E-state index in [9.17, 15) is 23.1 Å². The third-order valence-corrected chi connectivity index (χ3v) is 5.93. The molecule has 0 aliphatic rings. The molecule has 0 fully saturated rings. The first kappa shape index (κ1) is 25.0. The number of carbonyl (C=O) groups is 1. The van der Waals surface area contributed by atoms with Crippen molar-refractivity contribution in [1.29, 1.82) is 0 Å². The summed E-state index contributed by atoms with van der Waals surface area (Å²) in [5.74, 6) is -1.95. The topological polar surface area (TPSA) is 59.4 Å². The molecule has 2 aromatic carbocycles. The van der Waals surface area contributed by atoms with Crippen LogP contribution in [0.15, 0.2) is 60.8 Å². The summed E-state index contributed by atoms with van der Waals surface area (Å²) in [6.07, 6.45) is -3.92. The normalized spacial score (nSPS) is 14.4. The van der Waals surface area contributed by atoms with Crippen molar-refractivity contribution >= 4 is 29.2 Å². The molecule has 0 amide bonds. The summed E-state index contributed by atoms with van der Waals surface area (Å²) >= 11 is 12.2. The van der Waals surface area contributed by atoms with Crippen molar-refractivity contribution in [2.24, 2.45) is 0 Å². The zero-order chi connectivity index (χ0) is 24.4. The number of halogens is 5. The molecule has 0 bridgehead atoms. The molecule has 1 heterocycles. The van der Waals surface area contributed by atoms with Gasteiger partial charge in [-0.1, -0.05) is 54.4 Å². The van der Waals surface area contributed by atoms with Gasteiger partial charge in [-0.15, -0.1) is 0 Å². The van der Waals surface area contributed by atoms with Gasteiger partial charge in [0, 0.05) is 17.1 Å². The van der Waals surface area contributed by atoms with Crippen LogP contribution in [0.25, 0.3) is 11.1 Å². The molecule has 174 valence electrons. The molecule has 0 spiro atoms. The van der Waals surface area contributed by atoms with Crippen LogP contribution in [0.3, 0.4) is 0 Å². The van der Waals surface area contributed by atoms with E-state index in [1.807, 2.05) is 0 Å². The number of carbonyl (C=O) groups excluding carboxylic acids is 1. The number of ether oxygens (including phenoxy) is 1. The molecule has 0 aliphatic heterocycles. The van der Waals surface area contributed by atoms with Crippen molar-refractivity contribution in [2.75, 3.05) is 6.61 Å². The quantitative estimate of drug-likeness (QED) is 0.301. The second-order valence-corrected chi connectivity index (χ2v) is 8.19. The van der Waals surface area contributed by atoms with E-state index in [1.165, 1.54) is 19.1 Å². The maximum Gasteiger partial charge on any atom is 0.422 e. The van der Waals surface area contributed by atoms with Crippen LogP contribution in [-0.2, 0) is 10.3 Å². The fraction of sp³-hybridized carbons (Fsp3) is 0.250. The van der Waals surface area contributed by atoms with Crippen LogP contribution >= 0.6 is 23.2 Å². The Morgan fingerprint density at radius 2 is 1.79 bits per heavy atom. The van der Waals surface area contributed by atoms with Crippen LogP contribution in [-0.4, -0.2) is 28.8 Å². The lowest BCUT2D eigenvalue weighted by atomic mass is 9.77. The first-order valence-corrected chi connectivity index (χ1v) is 10.7. The second kappa shape index (κ2) is 9.71. The van der Waals surface area contributed by atoms with Gasteiger partial charge in [0.25, 0.3) is 0 Å². The van der Waals surface area contributed by atoms with Crippen molar-refractivity contribution in [3.8, 4) is 11.1 Å². The van der Waals surface area contributed by atoms with Crippen LogP contribution in [0.5, 0.6) is 0 Å². The second-order valence-electron chi connectivity index (χ2n) is 7.39. The largest absolute Gasteiger partial charge is 0.462 e. The van der Waals surface area contributed by atoms with Gasteiger partial charge in [-0.05, 0) is 59.5 Å². The number of esters is 1. The number of rotatable bonds is 6. The summed E-state index contributed by atoms with van der Waals surface area (Å²) in [7, 11) is 0. The average molecular weight is 498 g/mol. The highest BCUT2D eigenvalue weighted by Gasteiger charge is 2.59. The number of hydrogen-bond acceptors (Lipinski definition) is 4. The van der Waals surface area contributed by atoms with Crippen LogP contribution in [0, 0.1) is 0 Å². The lowest BCUT2D eigenvalue weighted by molar-refractivity contribution is -0.274. The Balaban J connectivity index is 2.02. The summed E-state index contributed by atoms with van der Waals surface area (Å²) in [6.45, 7) is 3.17. The molecular weight excluding hydrogens is 478 g/mol. The van der Waals surface area contributed by atoms with E-state index in [0.29, 0.717) is 16.7 Å². The van der Waals surface area contributed by atoms with Crippen molar-refractivity contribution in [1.82, 2.24) is 4.98 Å². The van der Waals surface area contributed by atoms with Crippen molar-refractivity contribution in [2.45, 2.75) is 31.5 Å². The first-order chi connectivity index (χ1) is 15.5. The lowest BCUT2D eigenvalue weighted by Gasteiger charge is -2.37. The predicted octanol–water partition coefficient (Wildman–Crippen LogP) is 6.79. The van der Waals surface area contributed by atoms with Gasteiger partial charge < -0.3 is 9.84 Å². The summed E-state index contributed by atoms with van der Waals surface area (Å²) in [5.41, 5.74) is -2.05. The van der Waals surface area contributed by atoms with E-state index in [-0.39, 0.29) is 22.3 Å². The molecule has 0 radical (unpaired) electrons. The minimum atomic E-state index is -5.02. The van der Waals surface area contributed by atoms with Crippen molar-refractivity contribution in [3.05, 3.63) is 87.7 Å². The molecule has 0 saturated heterocycles. The molecule has 1 aromatic heterocycles. The Bertz CT molecular complexity index is 1170. The molecule has 0 saturated carbocycles. The Kier molecular flexibility index (Phi) is 7.36. The highest BCUT2D eigenvalue weighted by molar-refractivity contribution is 6.31. The Morgan fingerprint density at radius 1 is 1.09 bits per heavy atom. The molecule has 4 nitrogen and oxygen atoms in total. The smallest absolute Gasteiger partial charge is 0.422 e. The predicted molar refractivity (Wildman–Crippen MR) is 120 cm³/mol.